The van der Waals surface area contributed by atoms with Crippen molar-refractivity contribution in [3.05, 3.63) is 0 Å². The first kappa shape index (κ1) is 15.4. The van der Waals surface area contributed by atoms with E-state index in [0.717, 1.165) is 19.6 Å². The highest BCUT2D eigenvalue weighted by Gasteiger charge is 2.19. The molecule has 0 bridgehead atoms. The van der Waals surface area contributed by atoms with Gasteiger partial charge in [-0.3, -0.25) is 4.79 Å². The van der Waals surface area contributed by atoms with Crippen molar-refractivity contribution in [2.75, 3.05) is 33.2 Å². The van der Waals surface area contributed by atoms with E-state index in [-0.39, 0.29) is 11.9 Å². The van der Waals surface area contributed by atoms with Gasteiger partial charge in [0.2, 0.25) is 5.91 Å². The number of piperidine rings is 1. The average molecular weight is 255 g/mol. The van der Waals surface area contributed by atoms with Crippen molar-refractivity contribution in [1.29, 1.82) is 0 Å². The van der Waals surface area contributed by atoms with Gasteiger partial charge in [0.05, 0.1) is 6.04 Å². The number of carbonyl (C=O) groups excluding carboxylic acids is 1. The second-order valence-electron chi connectivity index (χ2n) is 6.04. The van der Waals surface area contributed by atoms with Gasteiger partial charge in [0.1, 0.15) is 0 Å². The predicted octanol–water partition coefficient (Wildman–Crippen LogP) is 1.08. The molecule has 4 nitrogen and oxygen atoms in total. The summed E-state index contributed by atoms with van der Waals surface area (Å²) in [5.41, 5.74) is 0. The van der Waals surface area contributed by atoms with E-state index in [1.54, 1.807) is 0 Å². The van der Waals surface area contributed by atoms with Crippen LogP contribution in [0.25, 0.3) is 0 Å². The van der Waals surface area contributed by atoms with E-state index >= 15 is 0 Å². The van der Waals surface area contributed by atoms with Crippen molar-refractivity contribution in [2.24, 2.45) is 11.8 Å². The Labute approximate surface area is 111 Å². The van der Waals surface area contributed by atoms with Gasteiger partial charge in [0.25, 0.3) is 0 Å². The number of hydrogen-bond acceptors (Lipinski definition) is 3. The first-order chi connectivity index (χ1) is 8.49. The highest BCUT2D eigenvalue weighted by Crippen LogP contribution is 2.13. The molecule has 0 spiro atoms. The van der Waals surface area contributed by atoms with Gasteiger partial charge in [-0.2, -0.15) is 0 Å². The SMILES string of the molecule is CC(C)CNC(=O)C(C)NCC1CCCN(C)C1. The molecule has 1 heterocycles. The van der Waals surface area contributed by atoms with Gasteiger partial charge in [-0.05, 0) is 51.7 Å². The molecule has 106 valence electrons. The van der Waals surface area contributed by atoms with Crippen molar-refractivity contribution < 1.29 is 4.79 Å². The summed E-state index contributed by atoms with van der Waals surface area (Å²) in [5.74, 6) is 1.31. The Morgan fingerprint density at radius 3 is 2.72 bits per heavy atom. The zero-order chi connectivity index (χ0) is 13.5. The van der Waals surface area contributed by atoms with Gasteiger partial charge < -0.3 is 15.5 Å². The van der Waals surface area contributed by atoms with Crippen LogP contribution in [0.4, 0.5) is 0 Å². The third kappa shape index (κ3) is 5.83. The minimum absolute atomic E-state index is 0.0871. The fraction of sp³-hybridized carbons (Fsp3) is 0.929. The molecular weight excluding hydrogens is 226 g/mol. The molecule has 2 unspecified atom stereocenters. The van der Waals surface area contributed by atoms with Crippen LogP contribution < -0.4 is 10.6 Å². The summed E-state index contributed by atoms with van der Waals surface area (Å²) >= 11 is 0. The molecule has 1 amide bonds. The summed E-state index contributed by atoms with van der Waals surface area (Å²) in [6.07, 6.45) is 2.55. The molecule has 2 atom stereocenters. The number of amides is 1. The van der Waals surface area contributed by atoms with E-state index in [9.17, 15) is 4.79 Å². The second-order valence-corrected chi connectivity index (χ2v) is 6.04. The van der Waals surface area contributed by atoms with Crippen molar-refractivity contribution >= 4 is 5.91 Å². The maximum Gasteiger partial charge on any atom is 0.236 e. The third-order valence-electron chi connectivity index (χ3n) is 3.51. The summed E-state index contributed by atoms with van der Waals surface area (Å²) < 4.78 is 0. The molecule has 0 radical (unpaired) electrons. The minimum Gasteiger partial charge on any atom is -0.354 e. The van der Waals surface area contributed by atoms with Crippen LogP contribution in [0.5, 0.6) is 0 Å². The molecule has 1 aliphatic rings. The number of rotatable bonds is 6. The Morgan fingerprint density at radius 1 is 1.39 bits per heavy atom. The van der Waals surface area contributed by atoms with E-state index in [4.69, 9.17) is 0 Å². The molecule has 0 aliphatic carbocycles. The maximum atomic E-state index is 11.8. The van der Waals surface area contributed by atoms with Crippen LogP contribution in [0.15, 0.2) is 0 Å². The summed E-state index contributed by atoms with van der Waals surface area (Å²) in [6, 6.07) is -0.0871. The van der Waals surface area contributed by atoms with Crippen LogP contribution in [0, 0.1) is 11.8 Å². The van der Waals surface area contributed by atoms with Gasteiger partial charge in [0, 0.05) is 13.1 Å². The molecular formula is C14H29N3O. The molecule has 4 heteroatoms. The first-order valence-corrected chi connectivity index (χ1v) is 7.18. The lowest BCUT2D eigenvalue weighted by Gasteiger charge is -2.30. The maximum absolute atomic E-state index is 11.8. The molecule has 1 fully saturated rings. The fourth-order valence-corrected chi connectivity index (χ4v) is 2.33. The zero-order valence-electron chi connectivity index (χ0n) is 12.3. The van der Waals surface area contributed by atoms with Crippen LogP contribution in [-0.2, 0) is 4.79 Å². The Balaban J connectivity index is 2.19. The Bertz CT molecular complexity index is 255. The van der Waals surface area contributed by atoms with E-state index < -0.39 is 0 Å². The van der Waals surface area contributed by atoms with Crippen LogP contribution in [0.3, 0.4) is 0 Å². The third-order valence-corrected chi connectivity index (χ3v) is 3.51. The normalized spacial score (nSPS) is 23.1. The number of hydrogen-bond donors (Lipinski definition) is 2. The molecule has 1 rings (SSSR count). The monoisotopic (exact) mass is 255 g/mol. The quantitative estimate of drug-likeness (QED) is 0.746. The highest BCUT2D eigenvalue weighted by atomic mass is 16.2. The lowest BCUT2D eigenvalue weighted by Crippen LogP contribution is -2.46. The summed E-state index contributed by atoms with van der Waals surface area (Å²) in [5, 5.41) is 6.32. The lowest BCUT2D eigenvalue weighted by atomic mass is 9.98. The Hall–Kier alpha value is -0.610. The fourth-order valence-electron chi connectivity index (χ4n) is 2.33. The molecule has 0 aromatic heterocycles. The van der Waals surface area contributed by atoms with Crippen molar-refractivity contribution in [3.8, 4) is 0 Å². The molecule has 1 saturated heterocycles. The number of carbonyl (C=O) groups is 1. The molecule has 18 heavy (non-hydrogen) atoms. The van der Waals surface area contributed by atoms with Crippen molar-refractivity contribution in [1.82, 2.24) is 15.5 Å². The number of likely N-dealkylation sites (tertiary alicyclic amines) is 1. The first-order valence-electron chi connectivity index (χ1n) is 7.18. The zero-order valence-corrected chi connectivity index (χ0v) is 12.3. The molecule has 0 aromatic rings. The van der Waals surface area contributed by atoms with Gasteiger partial charge in [-0.25, -0.2) is 0 Å². The van der Waals surface area contributed by atoms with E-state index in [1.807, 2.05) is 6.92 Å². The van der Waals surface area contributed by atoms with Crippen LogP contribution in [-0.4, -0.2) is 50.1 Å². The van der Waals surface area contributed by atoms with Gasteiger partial charge >= 0.3 is 0 Å². The smallest absolute Gasteiger partial charge is 0.236 e. The Kier molecular flexibility index (Phi) is 6.65. The van der Waals surface area contributed by atoms with Crippen molar-refractivity contribution in [2.45, 2.75) is 39.7 Å². The summed E-state index contributed by atoms with van der Waals surface area (Å²) in [7, 11) is 2.17. The van der Waals surface area contributed by atoms with E-state index in [2.05, 4.69) is 36.4 Å². The van der Waals surface area contributed by atoms with E-state index in [0.29, 0.717) is 11.8 Å². The standard InChI is InChI=1S/C14H29N3O/c1-11(2)8-16-14(18)12(3)15-9-13-6-5-7-17(4)10-13/h11-13,15H,5-10H2,1-4H3,(H,16,18). The summed E-state index contributed by atoms with van der Waals surface area (Å²) in [4.78, 5) is 14.2. The largest absolute Gasteiger partial charge is 0.354 e. The summed E-state index contributed by atoms with van der Waals surface area (Å²) in [6.45, 7) is 10.2. The van der Waals surface area contributed by atoms with Gasteiger partial charge in [-0.15, -0.1) is 0 Å². The van der Waals surface area contributed by atoms with Crippen LogP contribution in [0.2, 0.25) is 0 Å². The van der Waals surface area contributed by atoms with Gasteiger partial charge in [-0.1, -0.05) is 13.8 Å². The lowest BCUT2D eigenvalue weighted by molar-refractivity contribution is -0.122. The van der Waals surface area contributed by atoms with Crippen molar-refractivity contribution in [3.63, 3.8) is 0 Å². The molecule has 0 aromatic carbocycles. The highest BCUT2D eigenvalue weighted by molar-refractivity contribution is 5.81. The molecule has 2 N–H and O–H groups in total. The number of nitrogens with zero attached hydrogens (tertiary/aromatic N) is 1. The molecule has 0 saturated carbocycles. The minimum atomic E-state index is -0.0871. The topological polar surface area (TPSA) is 44.4 Å². The molecule has 1 aliphatic heterocycles. The van der Waals surface area contributed by atoms with Crippen LogP contribution in [0.1, 0.15) is 33.6 Å². The van der Waals surface area contributed by atoms with Gasteiger partial charge in [0.15, 0.2) is 0 Å². The Morgan fingerprint density at radius 2 is 2.11 bits per heavy atom. The second kappa shape index (κ2) is 7.74. The van der Waals surface area contributed by atoms with Crippen LogP contribution >= 0.6 is 0 Å². The predicted molar refractivity (Wildman–Crippen MR) is 75.5 cm³/mol. The van der Waals surface area contributed by atoms with E-state index in [1.165, 1.54) is 19.4 Å². The average Bonchev–Trinajstić information content (AvgIpc) is 2.33. The number of nitrogens with one attached hydrogen (secondary N) is 2.